The number of methoxy groups -OCH3 is 1. The van der Waals surface area contributed by atoms with Gasteiger partial charge < -0.3 is 30.0 Å². The van der Waals surface area contributed by atoms with Crippen LogP contribution in [0.25, 0.3) is 21.9 Å². The quantitative estimate of drug-likeness (QED) is 0.0400. The van der Waals surface area contributed by atoms with E-state index >= 15 is 0 Å². The molecule has 0 bridgehead atoms. The van der Waals surface area contributed by atoms with Crippen LogP contribution in [-0.2, 0) is 30.3 Å². The third kappa shape index (κ3) is 11.7. The Hall–Kier alpha value is -5.75. The van der Waals surface area contributed by atoms with E-state index in [4.69, 9.17) is 19.4 Å². The molecule has 2 aromatic heterocycles. The molecular weight excluding hydrogens is 780 g/mol. The molecule has 0 saturated heterocycles. The number of alkyl halides is 3. The van der Waals surface area contributed by atoms with Crippen molar-refractivity contribution in [3.63, 3.8) is 0 Å². The number of benzene rings is 3. The van der Waals surface area contributed by atoms with Crippen molar-refractivity contribution in [1.82, 2.24) is 25.2 Å². The van der Waals surface area contributed by atoms with E-state index in [0.717, 1.165) is 42.9 Å². The summed E-state index contributed by atoms with van der Waals surface area (Å²) in [7, 11) is -1.37. The summed E-state index contributed by atoms with van der Waals surface area (Å²) in [6.45, 7) is 9.57. The molecule has 0 aliphatic heterocycles. The molecule has 18 heteroatoms. The molecule has 0 aliphatic carbocycles. The molecular formula is C40H46F3N7O7S. The lowest BCUT2D eigenvalue weighted by Gasteiger charge is -2.20. The summed E-state index contributed by atoms with van der Waals surface area (Å²) in [5.41, 5.74) is -0.0451. The second-order valence-electron chi connectivity index (χ2n) is 14.6. The highest BCUT2D eigenvalue weighted by Crippen LogP contribution is 2.31. The SMILES string of the molecule is COC(=O)c1ccc2c(c1)[nH]c1nc(Cc3cccc(/C(=N/OS(=O)(=O)c4ccc(C)cc4)C(F)(F)F)c3)nc(NCCCN(C)CCCNC(=O)OC(C)(C)C)c12. The molecule has 0 unspecified atom stereocenters. The van der Waals surface area contributed by atoms with Gasteiger partial charge in [-0.25, -0.2) is 19.6 Å². The molecule has 14 nitrogen and oxygen atoms in total. The minimum Gasteiger partial charge on any atom is -0.465 e. The van der Waals surface area contributed by atoms with Crippen molar-refractivity contribution < 1.29 is 44.9 Å². The minimum absolute atomic E-state index is 0.00500. The number of oxime groups is 1. The Bertz CT molecular complexity index is 2390. The number of fused-ring (bicyclic) bond motifs is 3. The molecule has 5 aromatic rings. The maximum Gasteiger partial charge on any atom is 0.437 e. The number of amides is 1. The number of nitrogens with one attached hydrogen (secondary N) is 3. The lowest BCUT2D eigenvalue weighted by atomic mass is 10.0. The van der Waals surface area contributed by atoms with Crippen LogP contribution in [0.15, 0.2) is 76.8 Å². The Morgan fingerprint density at radius 2 is 1.64 bits per heavy atom. The fourth-order valence-electron chi connectivity index (χ4n) is 5.93. The highest BCUT2D eigenvalue weighted by atomic mass is 32.2. The number of aromatic amines is 1. The van der Waals surface area contributed by atoms with E-state index in [9.17, 15) is 31.2 Å². The molecule has 0 atom stereocenters. The standard InChI is InChI=1S/C40H46F3N7O7S/c1-25-12-15-29(16-13-25)58(53,54)57-49-34(40(41,42)43)27-11-7-10-26(22-27)23-32-47-35(33-30-17-14-28(37(51)55-6)24-31(30)46-36(33)48-32)44-18-8-20-50(5)21-9-19-45-38(52)56-39(2,3)4/h7,10-17,22,24H,8-9,18-21,23H2,1-6H3,(H,45,52)(H2,44,46,47,48)/b49-34-. The molecule has 0 fully saturated rings. The number of hydrogen-bond donors (Lipinski definition) is 3. The van der Waals surface area contributed by atoms with Crippen LogP contribution in [0.1, 0.15) is 66.5 Å². The van der Waals surface area contributed by atoms with E-state index in [-0.39, 0.29) is 17.1 Å². The molecule has 0 spiro atoms. The summed E-state index contributed by atoms with van der Waals surface area (Å²) in [6, 6.07) is 15.8. The van der Waals surface area contributed by atoms with Gasteiger partial charge in [0.1, 0.15) is 27.8 Å². The number of esters is 1. The minimum atomic E-state index is -5.06. The van der Waals surface area contributed by atoms with Gasteiger partial charge in [-0.05, 0) is 96.6 Å². The molecule has 0 aliphatic rings. The van der Waals surface area contributed by atoms with Crippen LogP contribution >= 0.6 is 0 Å². The summed E-state index contributed by atoms with van der Waals surface area (Å²) < 4.78 is 82.9. The predicted molar refractivity (Wildman–Crippen MR) is 213 cm³/mol. The van der Waals surface area contributed by atoms with E-state index in [2.05, 4.69) is 30.0 Å². The fourth-order valence-corrected chi connectivity index (χ4v) is 6.66. The zero-order valence-corrected chi connectivity index (χ0v) is 33.8. The molecule has 1 amide bonds. The number of aromatic nitrogens is 3. The number of alkyl carbamates (subject to hydrolysis) is 1. The molecule has 310 valence electrons. The van der Waals surface area contributed by atoms with E-state index in [0.29, 0.717) is 46.6 Å². The van der Waals surface area contributed by atoms with Gasteiger partial charge in [0.05, 0.1) is 18.1 Å². The number of anilines is 1. The van der Waals surface area contributed by atoms with Gasteiger partial charge in [0, 0.05) is 36.0 Å². The zero-order valence-electron chi connectivity index (χ0n) is 33.0. The number of H-pyrrole nitrogens is 1. The van der Waals surface area contributed by atoms with Crippen LogP contribution in [0, 0.1) is 6.92 Å². The number of carbonyl (C=O) groups is 2. The van der Waals surface area contributed by atoms with Crippen molar-refractivity contribution in [2.75, 3.05) is 45.7 Å². The lowest BCUT2D eigenvalue weighted by molar-refractivity contribution is -0.0597. The first-order valence-electron chi connectivity index (χ1n) is 18.4. The van der Waals surface area contributed by atoms with Gasteiger partial charge in [0.15, 0.2) is 5.71 Å². The van der Waals surface area contributed by atoms with Crippen molar-refractivity contribution in [3.05, 3.63) is 94.8 Å². The Morgan fingerprint density at radius 3 is 2.31 bits per heavy atom. The summed E-state index contributed by atoms with van der Waals surface area (Å²) in [4.78, 5) is 38.7. The largest absolute Gasteiger partial charge is 0.465 e. The summed E-state index contributed by atoms with van der Waals surface area (Å²) in [6.07, 6.45) is -4.09. The van der Waals surface area contributed by atoms with Crippen molar-refractivity contribution in [1.29, 1.82) is 0 Å². The van der Waals surface area contributed by atoms with Gasteiger partial charge in [0.2, 0.25) is 0 Å². The molecule has 2 heterocycles. The maximum absolute atomic E-state index is 14.3. The van der Waals surface area contributed by atoms with E-state index in [1.807, 2.05) is 7.05 Å². The molecule has 58 heavy (non-hydrogen) atoms. The average molecular weight is 826 g/mol. The van der Waals surface area contributed by atoms with Crippen LogP contribution in [0.4, 0.5) is 23.8 Å². The van der Waals surface area contributed by atoms with Gasteiger partial charge >= 0.3 is 28.4 Å². The highest BCUT2D eigenvalue weighted by Gasteiger charge is 2.39. The second-order valence-corrected chi connectivity index (χ2v) is 16.1. The first kappa shape index (κ1) is 43.4. The van der Waals surface area contributed by atoms with Gasteiger partial charge in [0.25, 0.3) is 0 Å². The van der Waals surface area contributed by atoms with Gasteiger partial charge in [-0.2, -0.15) is 21.6 Å². The third-order valence-corrected chi connectivity index (χ3v) is 9.80. The highest BCUT2D eigenvalue weighted by molar-refractivity contribution is 7.86. The van der Waals surface area contributed by atoms with Crippen LogP contribution in [-0.4, -0.2) is 98.2 Å². The normalized spacial score (nSPS) is 12.6. The molecule has 5 rings (SSSR count). The number of nitrogens with zero attached hydrogens (tertiary/aromatic N) is 4. The first-order valence-corrected chi connectivity index (χ1v) is 19.8. The van der Waals surface area contributed by atoms with Gasteiger partial charge in [-0.15, -0.1) is 0 Å². The monoisotopic (exact) mass is 825 g/mol. The summed E-state index contributed by atoms with van der Waals surface area (Å²) in [5.74, 6) is 0.227. The van der Waals surface area contributed by atoms with Crippen LogP contribution < -0.4 is 10.6 Å². The maximum atomic E-state index is 14.3. The number of ether oxygens (including phenoxy) is 2. The average Bonchev–Trinajstić information content (AvgIpc) is 3.51. The number of rotatable bonds is 16. The van der Waals surface area contributed by atoms with Crippen molar-refractivity contribution in [2.45, 2.75) is 63.6 Å². The summed E-state index contributed by atoms with van der Waals surface area (Å²) >= 11 is 0. The van der Waals surface area contributed by atoms with Gasteiger partial charge in [-0.1, -0.05) is 47.1 Å². The van der Waals surface area contributed by atoms with E-state index in [1.54, 1.807) is 52.0 Å². The van der Waals surface area contributed by atoms with Gasteiger partial charge in [-0.3, -0.25) is 4.28 Å². The molecule has 3 aromatic carbocycles. The predicted octanol–water partition coefficient (Wildman–Crippen LogP) is 7.12. The lowest BCUT2D eigenvalue weighted by Crippen LogP contribution is -2.34. The number of hydrogen-bond acceptors (Lipinski definition) is 12. The Kier molecular flexibility index (Phi) is 13.6. The topological polar surface area (TPSA) is 177 Å². The molecule has 3 N–H and O–H groups in total. The van der Waals surface area contributed by atoms with E-state index in [1.165, 1.54) is 43.5 Å². The van der Waals surface area contributed by atoms with Crippen LogP contribution in [0.2, 0.25) is 0 Å². The summed E-state index contributed by atoms with van der Waals surface area (Å²) in [5, 5.41) is 10.6. The van der Waals surface area contributed by atoms with Crippen LogP contribution in [0.3, 0.4) is 0 Å². The number of halogens is 3. The van der Waals surface area contributed by atoms with Crippen LogP contribution in [0.5, 0.6) is 0 Å². The Labute approximate surface area is 334 Å². The number of carbonyl (C=O) groups excluding carboxylic acids is 2. The van der Waals surface area contributed by atoms with Crippen molar-refractivity contribution in [3.8, 4) is 0 Å². The zero-order chi connectivity index (χ0) is 42.3. The molecule has 0 radical (unpaired) electrons. The fraction of sp³-hybridized carbons (Fsp3) is 0.375. The van der Waals surface area contributed by atoms with E-state index < -0.39 is 45.2 Å². The molecule has 0 saturated carbocycles. The Balaban J connectivity index is 1.35. The smallest absolute Gasteiger partial charge is 0.437 e. The first-order chi connectivity index (χ1) is 27.3. The van der Waals surface area contributed by atoms with Crippen molar-refractivity contribution >= 4 is 55.6 Å². The third-order valence-electron chi connectivity index (χ3n) is 8.68. The second kappa shape index (κ2) is 18.2. The number of aryl methyl sites for hydroxylation is 1. The van der Waals surface area contributed by atoms with Crippen molar-refractivity contribution in [2.24, 2.45) is 5.16 Å². The Morgan fingerprint density at radius 1 is 0.931 bits per heavy atom.